The number of nitrogens with zero attached hydrogens (tertiary/aromatic N) is 4. The molecule has 1 aliphatic carbocycles. The van der Waals surface area contributed by atoms with Crippen molar-refractivity contribution in [2.75, 3.05) is 0 Å². The average molecular weight is 484 g/mol. The van der Waals surface area contributed by atoms with E-state index in [1.165, 1.54) is 0 Å². The van der Waals surface area contributed by atoms with Crippen molar-refractivity contribution >= 4 is 5.57 Å². The molecular formula is C23H8MoN4O3-6. The summed E-state index contributed by atoms with van der Waals surface area (Å²) in [4.78, 5) is 0. The van der Waals surface area contributed by atoms with Crippen molar-refractivity contribution in [1.29, 1.82) is 21.0 Å². The third-order valence-corrected chi connectivity index (χ3v) is 3.68. The van der Waals surface area contributed by atoms with Crippen molar-refractivity contribution in [3.05, 3.63) is 92.3 Å². The van der Waals surface area contributed by atoms with Crippen molar-refractivity contribution in [2.24, 2.45) is 10.8 Å². The van der Waals surface area contributed by atoms with Crippen LogP contribution in [0.15, 0.2) is 36.4 Å². The Morgan fingerprint density at radius 2 is 1.26 bits per heavy atom. The van der Waals surface area contributed by atoms with Crippen LogP contribution >= 0.6 is 0 Å². The molecule has 0 saturated carbocycles. The van der Waals surface area contributed by atoms with Gasteiger partial charge in [-0.25, -0.2) is 0 Å². The van der Waals surface area contributed by atoms with Gasteiger partial charge in [0.25, 0.3) is 0 Å². The van der Waals surface area contributed by atoms with Crippen molar-refractivity contribution < 1.29 is 35.0 Å². The quantitative estimate of drug-likeness (QED) is 0.347. The van der Waals surface area contributed by atoms with E-state index in [9.17, 15) is 21.0 Å². The maximum Gasteiger partial charge on any atom is 0 e. The summed E-state index contributed by atoms with van der Waals surface area (Å²) in [5, 5.41) is 37.3. The Labute approximate surface area is 195 Å². The summed E-state index contributed by atoms with van der Waals surface area (Å²) >= 11 is 0. The summed E-state index contributed by atoms with van der Waals surface area (Å²) in [6, 6.07) is 28.2. The Hall–Kier alpha value is -3.82. The largest absolute Gasteiger partial charge is 0.999 e. The third-order valence-electron chi connectivity index (χ3n) is 3.68. The predicted octanol–water partition coefficient (Wildman–Crippen LogP) is 2.84. The van der Waals surface area contributed by atoms with Crippen LogP contribution in [0.4, 0.5) is 0 Å². The molecule has 0 aliphatic heterocycles. The molecule has 0 aromatic heterocycles. The maximum atomic E-state index is 9.41. The fraction of sp³-hybridized carbons (Fsp3) is 0.130. The number of rotatable bonds is 1. The topological polar surface area (TPSA) is 155 Å². The van der Waals surface area contributed by atoms with Gasteiger partial charge in [-0.15, -0.1) is 12.1 Å². The molecule has 0 unspecified atom stereocenters. The van der Waals surface area contributed by atoms with E-state index < -0.39 is 10.8 Å². The van der Waals surface area contributed by atoms with Crippen LogP contribution in [0.25, 0.3) is 5.57 Å². The van der Waals surface area contributed by atoms with E-state index in [0.717, 1.165) is 0 Å². The number of hydrogen-bond donors (Lipinski definition) is 0. The van der Waals surface area contributed by atoms with Crippen LogP contribution in [0.2, 0.25) is 0 Å². The first-order chi connectivity index (χ1) is 14.7. The van der Waals surface area contributed by atoms with Crippen LogP contribution in [0, 0.1) is 106 Å². The smallest absolute Gasteiger partial charge is 0 e. The van der Waals surface area contributed by atoms with Crippen LogP contribution < -0.4 is 0 Å². The van der Waals surface area contributed by atoms with Crippen molar-refractivity contribution in [3.63, 3.8) is 0 Å². The van der Waals surface area contributed by atoms with E-state index in [2.05, 4.69) is 50.3 Å². The SMILES string of the molecule is N#CC1(C#N)C[C-]=C(c2ccccc2)C1(C#N)C#N.[C-]#[O+].[C-]#[O+].[C-]#[O+].[Mo].[c-]1[c-][c-][cH-][c-]1. The second-order valence-electron chi connectivity index (χ2n) is 4.88. The molecule has 0 heterocycles. The van der Waals surface area contributed by atoms with E-state index in [0.29, 0.717) is 11.1 Å². The van der Waals surface area contributed by atoms with E-state index in [4.69, 9.17) is 14.0 Å². The van der Waals surface area contributed by atoms with E-state index in [-0.39, 0.29) is 27.5 Å². The summed E-state index contributed by atoms with van der Waals surface area (Å²) in [6.45, 7) is 13.5. The van der Waals surface area contributed by atoms with Gasteiger partial charge < -0.3 is 30.3 Å². The molecule has 150 valence electrons. The molecule has 0 radical (unpaired) electrons. The number of allylic oxidation sites excluding steroid dienone is 2. The van der Waals surface area contributed by atoms with Gasteiger partial charge in [0.1, 0.15) is 0 Å². The van der Waals surface area contributed by atoms with Crippen LogP contribution in [0.1, 0.15) is 12.0 Å². The van der Waals surface area contributed by atoms with Gasteiger partial charge in [-0.3, -0.25) is 6.08 Å². The molecule has 0 amide bonds. The Morgan fingerprint density at radius 3 is 1.58 bits per heavy atom. The summed E-state index contributed by atoms with van der Waals surface area (Å²) < 4.78 is 22.5. The van der Waals surface area contributed by atoms with Crippen molar-refractivity contribution in [1.82, 2.24) is 0 Å². The molecule has 2 aromatic carbocycles. The molecule has 0 saturated heterocycles. The summed E-state index contributed by atoms with van der Waals surface area (Å²) in [5.41, 5.74) is -2.53. The fourth-order valence-corrected chi connectivity index (χ4v) is 2.40. The number of benzene rings is 1. The molecule has 0 fully saturated rings. The van der Waals surface area contributed by atoms with Gasteiger partial charge in [0.2, 0.25) is 0 Å². The van der Waals surface area contributed by atoms with Crippen LogP contribution in [0.3, 0.4) is 0 Å². The summed E-state index contributed by atoms with van der Waals surface area (Å²) in [6.07, 6.45) is 2.85. The molecule has 7 nitrogen and oxygen atoms in total. The molecule has 8 heteroatoms. The van der Waals surface area contributed by atoms with Gasteiger partial charge in [-0.1, -0.05) is 24.6 Å². The van der Waals surface area contributed by atoms with Gasteiger partial charge in [0.15, 0.2) is 10.8 Å². The minimum Gasteiger partial charge on any atom is -0.999 e. The molecule has 31 heavy (non-hydrogen) atoms. The molecule has 2 aromatic rings. The normalized spacial score (nSPS) is 12.6. The Morgan fingerprint density at radius 1 is 0.806 bits per heavy atom. The summed E-state index contributed by atoms with van der Waals surface area (Å²) in [5.74, 6) is 0. The Balaban J connectivity index is -0.000000549. The maximum absolute atomic E-state index is 9.41. The molecule has 0 bridgehead atoms. The van der Waals surface area contributed by atoms with E-state index in [1.54, 1.807) is 36.4 Å². The third kappa shape index (κ3) is 7.18. The van der Waals surface area contributed by atoms with E-state index >= 15 is 0 Å². The second-order valence-corrected chi connectivity index (χ2v) is 4.88. The van der Waals surface area contributed by atoms with E-state index in [1.807, 2.05) is 24.3 Å². The second kappa shape index (κ2) is 18.2. The summed E-state index contributed by atoms with van der Waals surface area (Å²) in [7, 11) is 0. The first kappa shape index (κ1) is 31.9. The monoisotopic (exact) mass is 486 g/mol. The molecular weight excluding hydrogens is 476 g/mol. The first-order valence-corrected chi connectivity index (χ1v) is 7.45. The molecule has 0 N–H and O–H groups in total. The number of nitriles is 4. The van der Waals surface area contributed by atoms with Gasteiger partial charge in [-0.2, -0.15) is 32.2 Å². The minimum absolute atomic E-state index is 0. The van der Waals surface area contributed by atoms with Crippen molar-refractivity contribution in [2.45, 2.75) is 6.42 Å². The number of hydrogen-bond acceptors (Lipinski definition) is 4. The van der Waals surface area contributed by atoms with Gasteiger partial charge in [-0.05, 0) is 0 Å². The zero-order chi connectivity index (χ0) is 23.5. The van der Waals surface area contributed by atoms with Crippen LogP contribution in [0.5, 0.6) is 0 Å². The average Bonchev–Trinajstić information content (AvgIpc) is 3.54. The Kier molecular flexibility index (Phi) is 18.7. The van der Waals surface area contributed by atoms with Crippen LogP contribution in [-0.2, 0) is 35.0 Å². The molecule has 1 aliphatic rings. The zero-order valence-corrected chi connectivity index (χ0v) is 17.6. The predicted molar refractivity (Wildman–Crippen MR) is 94.2 cm³/mol. The zero-order valence-electron chi connectivity index (χ0n) is 15.6. The molecule has 3 rings (SSSR count). The molecule has 0 spiro atoms. The fourth-order valence-electron chi connectivity index (χ4n) is 2.40. The van der Waals surface area contributed by atoms with Gasteiger partial charge in [0.05, 0.1) is 24.3 Å². The van der Waals surface area contributed by atoms with Gasteiger partial charge >= 0.3 is 33.9 Å². The standard InChI is InChI=1S/C15H7N4.C5H.3CO.Mo/c16-8-14(9-17)7-6-13(15(14,10-18)11-19)12-4-2-1-3-5-12;1-2-4-5-3-1;3*1-2;/h1-5H,7H2;1H;;;;/q-1;-5;;;;. The van der Waals surface area contributed by atoms with Crippen molar-refractivity contribution in [3.8, 4) is 24.3 Å². The molecule has 0 atom stereocenters. The first-order valence-electron chi connectivity index (χ1n) is 7.45. The van der Waals surface area contributed by atoms with Crippen LogP contribution in [-0.4, -0.2) is 0 Å². The Bertz CT molecular complexity index is 966. The van der Waals surface area contributed by atoms with Gasteiger partial charge in [0, 0.05) is 21.1 Å². The minimum atomic E-state index is -1.79.